The Bertz CT molecular complexity index is 349. The van der Waals surface area contributed by atoms with Gasteiger partial charge in [-0.25, -0.2) is 0 Å². The molecule has 1 unspecified atom stereocenters. The fraction of sp³-hybridized carbons (Fsp3) is 0.400. The van der Waals surface area contributed by atoms with Crippen LogP contribution in [0, 0.1) is 0 Å². The van der Waals surface area contributed by atoms with Crippen LogP contribution < -0.4 is 9.47 Å². The van der Waals surface area contributed by atoms with Crippen molar-refractivity contribution in [3.63, 3.8) is 0 Å². The Kier molecular flexibility index (Phi) is 2.65. The second kappa shape index (κ2) is 3.79. The number of rotatable bonds is 1. The molecule has 0 saturated heterocycles. The molecule has 1 aliphatic heterocycles. The van der Waals surface area contributed by atoms with Crippen LogP contribution in [0.4, 0.5) is 0 Å². The first-order valence-electron chi connectivity index (χ1n) is 4.46. The first-order valence-corrected chi connectivity index (χ1v) is 5.25. The van der Waals surface area contributed by atoms with Crippen LogP contribution >= 0.6 is 15.9 Å². The summed E-state index contributed by atoms with van der Waals surface area (Å²) in [5.74, 6) is 1.36. The van der Waals surface area contributed by atoms with Gasteiger partial charge in [-0.1, -0.05) is 15.9 Å². The van der Waals surface area contributed by atoms with Gasteiger partial charge in [-0.3, -0.25) is 0 Å². The van der Waals surface area contributed by atoms with Crippen LogP contribution in [0.3, 0.4) is 0 Å². The van der Waals surface area contributed by atoms with E-state index in [-0.39, 0.29) is 0 Å². The molecule has 1 N–H and O–H groups in total. The van der Waals surface area contributed by atoms with E-state index in [0.29, 0.717) is 24.7 Å². The van der Waals surface area contributed by atoms with Gasteiger partial charge in [0.1, 0.15) is 13.2 Å². The maximum Gasteiger partial charge on any atom is 0.168 e. The minimum absolute atomic E-state index is 0.531. The Morgan fingerprint density at radius 2 is 2.07 bits per heavy atom. The Labute approximate surface area is 90.8 Å². The molecule has 0 saturated carbocycles. The average Bonchev–Trinajstić information content (AvgIpc) is 2.17. The maximum atomic E-state index is 9.59. The van der Waals surface area contributed by atoms with Crippen LogP contribution in [-0.4, -0.2) is 18.3 Å². The average molecular weight is 259 g/mol. The molecule has 0 fully saturated rings. The normalized spacial score (nSPS) is 16.5. The van der Waals surface area contributed by atoms with Gasteiger partial charge in [0, 0.05) is 10.0 Å². The van der Waals surface area contributed by atoms with Crippen molar-refractivity contribution in [2.75, 3.05) is 13.2 Å². The molecule has 1 aromatic rings. The molecule has 1 atom stereocenters. The fourth-order valence-electron chi connectivity index (χ4n) is 1.50. The topological polar surface area (TPSA) is 38.7 Å². The van der Waals surface area contributed by atoms with Crippen molar-refractivity contribution in [3.8, 4) is 11.5 Å². The van der Waals surface area contributed by atoms with Crippen molar-refractivity contribution in [1.29, 1.82) is 0 Å². The van der Waals surface area contributed by atoms with Crippen LogP contribution in [-0.2, 0) is 0 Å². The van der Waals surface area contributed by atoms with Gasteiger partial charge in [0.25, 0.3) is 0 Å². The lowest BCUT2D eigenvalue weighted by Crippen LogP contribution is -2.17. The first kappa shape index (κ1) is 9.80. The Balaban J connectivity index is 2.55. The summed E-state index contributed by atoms with van der Waals surface area (Å²) in [5.41, 5.74) is 0.752. The molecule has 2 rings (SSSR count). The summed E-state index contributed by atoms with van der Waals surface area (Å²) < 4.78 is 11.7. The Hall–Kier alpha value is -0.740. The second-order valence-electron chi connectivity index (χ2n) is 3.16. The zero-order chi connectivity index (χ0) is 10.1. The third-order valence-electron chi connectivity index (χ3n) is 2.11. The number of hydrogen-bond acceptors (Lipinski definition) is 3. The quantitative estimate of drug-likeness (QED) is 0.840. The van der Waals surface area contributed by atoms with E-state index in [1.165, 1.54) is 0 Å². The van der Waals surface area contributed by atoms with Crippen LogP contribution in [0.25, 0.3) is 0 Å². The molecule has 1 heterocycles. The van der Waals surface area contributed by atoms with E-state index < -0.39 is 6.10 Å². The minimum Gasteiger partial charge on any atom is -0.486 e. The number of fused-ring (bicyclic) bond motifs is 1. The van der Waals surface area contributed by atoms with Gasteiger partial charge >= 0.3 is 0 Å². The number of halogens is 1. The number of aliphatic hydroxyl groups is 1. The molecule has 0 radical (unpaired) electrons. The molecule has 0 aromatic heterocycles. The molecular formula is C10H11BrO3. The lowest BCUT2D eigenvalue weighted by atomic mass is 10.1. The standard InChI is InChI=1S/C10H11BrO3/c1-6(12)9-7(11)2-3-8-10(9)14-5-4-13-8/h2-3,6,12H,4-5H2,1H3. The summed E-state index contributed by atoms with van der Waals surface area (Å²) in [7, 11) is 0. The molecular weight excluding hydrogens is 248 g/mol. The lowest BCUT2D eigenvalue weighted by molar-refractivity contribution is 0.153. The van der Waals surface area contributed by atoms with E-state index in [4.69, 9.17) is 9.47 Å². The van der Waals surface area contributed by atoms with Gasteiger partial charge in [-0.15, -0.1) is 0 Å². The van der Waals surface area contributed by atoms with E-state index in [9.17, 15) is 5.11 Å². The Morgan fingerprint density at radius 3 is 2.79 bits per heavy atom. The van der Waals surface area contributed by atoms with Crippen molar-refractivity contribution >= 4 is 15.9 Å². The molecule has 76 valence electrons. The predicted molar refractivity (Wildman–Crippen MR) is 55.8 cm³/mol. The molecule has 14 heavy (non-hydrogen) atoms. The van der Waals surface area contributed by atoms with Gasteiger partial charge in [0.05, 0.1) is 6.10 Å². The van der Waals surface area contributed by atoms with E-state index in [1.54, 1.807) is 6.92 Å². The van der Waals surface area contributed by atoms with E-state index in [2.05, 4.69) is 15.9 Å². The van der Waals surface area contributed by atoms with Crippen LogP contribution in [0.5, 0.6) is 11.5 Å². The first-order chi connectivity index (χ1) is 6.70. The van der Waals surface area contributed by atoms with Gasteiger partial charge in [0.15, 0.2) is 11.5 Å². The summed E-state index contributed by atoms with van der Waals surface area (Å²) in [4.78, 5) is 0. The van der Waals surface area contributed by atoms with Crippen molar-refractivity contribution in [2.45, 2.75) is 13.0 Å². The fourth-order valence-corrected chi connectivity index (χ4v) is 2.15. The van der Waals surface area contributed by atoms with Gasteiger partial charge < -0.3 is 14.6 Å². The highest BCUT2D eigenvalue weighted by molar-refractivity contribution is 9.10. The number of hydrogen-bond donors (Lipinski definition) is 1. The summed E-state index contributed by atoms with van der Waals surface area (Å²) >= 11 is 3.38. The molecule has 4 heteroatoms. The van der Waals surface area contributed by atoms with Crippen LogP contribution in [0.15, 0.2) is 16.6 Å². The van der Waals surface area contributed by atoms with E-state index >= 15 is 0 Å². The van der Waals surface area contributed by atoms with Gasteiger partial charge in [-0.2, -0.15) is 0 Å². The third kappa shape index (κ3) is 1.60. The van der Waals surface area contributed by atoms with Crippen molar-refractivity contribution in [2.24, 2.45) is 0 Å². The highest BCUT2D eigenvalue weighted by Gasteiger charge is 2.21. The maximum absolute atomic E-state index is 9.59. The summed E-state index contributed by atoms with van der Waals surface area (Å²) in [6.07, 6.45) is -0.568. The second-order valence-corrected chi connectivity index (χ2v) is 4.02. The minimum atomic E-state index is -0.568. The number of benzene rings is 1. The van der Waals surface area contributed by atoms with E-state index in [0.717, 1.165) is 10.0 Å². The zero-order valence-electron chi connectivity index (χ0n) is 7.79. The zero-order valence-corrected chi connectivity index (χ0v) is 9.37. The van der Waals surface area contributed by atoms with Crippen LogP contribution in [0.1, 0.15) is 18.6 Å². The predicted octanol–water partition coefficient (Wildman–Crippen LogP) is 2.27. The van der Waals surface area contributed by atoms with Crippen molar-refractivity contribution < 1.29 is 14.6 Å². The molecule has 0 amide bonds. The highest BCUT2D eigenvalue weighted by Crippen LogP contribution is 2.41. The highest BCUT2D eigenvalue weighted by atomic mass is 79.9. The van der Waals surface area contributed by atoms with Gasteiger partial charge in [-0.05, 0) is 19.1 Å². The molecule has 1 aromatic carbocycles. The lowest BCUT2D eigenvalue weighted by Gasteiger charge is -2.22. The smallest absolute Gasteiger partial charge is 0.168 e. The molecule has 0 bridgehead atoms. The summed E-state index contributed by atoms with van der Waals surface area (Å²) in [6.45, 7) is 2.80. The summed E-state index contributed by atoms with van der Waals surface area (Å²) in [5, 5.41) is 9.59. The largest absolute Gasteiger partial charge is 0.486 e. The Morgan fingerprint density at radius 1 is 1.36 bits per heavy atom. The van der Waals surface area contributed by atoms with Crippen molar-refractivity contribution in [1.82, 2.24) is 0 Å². The molecule has 0 spiro atoms. The molecule has 3 nitrogen and oxygen atoms in total. The number of aliphatic hydroxyl groups excluding tert-OH is 1. The summed E-state index contributed by atoms with van der Waals surface area (Å²) in [6, 6.07) is 3.69. The van der Waals surface area contributed by atoms with Gasteiger partial charge in [0.2, 0.25) is 0 Å². The monoisotopic (exact) mass is 258 g/mol. The number of ether oxygens (including phenoxy) is 2. The molecule has 1 aliphatic rings. The third-order valence-corrected chi connectivity index (χ3v) is 2.80. The molecule has 0 aliphatic carbocycles. The SMILES string of the molecule is CC(O)c1c(Br)ccc2c1OCCO2. The van der Waals surface area contributed by atoms with Crippen LogP contribution in [0.2, 0.25) is 0 Å². The van der Waals surface area contributed by atoms with E-state index in [1.807, 2.05) is 12.1 Å². The van der Waals surface area contributed by atoms with Crippen molar-refractivity contribution in [3.05, 3.63) is 22.2 Å².